The molecule has 0 unspecified atom stereocenters. The van der Waals surface area contributed by atoms with Gasteiger partial charge in [0.05, 0.1) is 0 Å². The van der Waals surface area contributed by atoms with Gasteiger partial charge < -0.3 is 16.4 Å². The monoisotopic (exact) mass is 413 g/mol. The maximum absolute atomic E-state index is 13.0. The van der Waals surface area contributed by atoms with Crippen LogP contribution in [-0.2, 0) is 4.79 Å². The van der Waals surface area contributed by atoms with Gasteiger partial charge >= 0.3 is 0 Å². The third kappa shape index (κ3) is 5.03. The van der Waals surface area contributed by atoms with Gasteiger partial charge in [0.2, 0.25) is 5.91 Å². The Morgan fingerprint density at radius 3 is 2.00 bits per heavy atom. The smallest absolute Gasteiger partial charge is 0.251 e. The number of carbonyl (C=O) groups is 2. The Morgan fingerprint density at radius 2 is 1.43 bits per heavy atom. The number of nitrogens with two attached hydrogens (primary N) is 1. The number of primary amides is 1. The zero-order valence-corrected chi connectivity index (χ0v) is 16.2. The second-order valence-electron chi connectivity index (χ2n) is 6.08. The van der Waals surface area contributed by atoms with Gasteiger partial charge in [-0.1, -0.05) is 53.5 Å². The first-order valence-electron chi connectivity index (χ1n) is 8.41. The van der Waals surface area contributed by atoms with E-state index in [-0.39, 0.29) is 5.91 Å². The van der Waals surface area contributed by atoms with E-state index < -0.39 is 11.9 Å². The van der Waals surface area contributed by atoms with Crippen LogP contribution in [0.3, 0.4) is 0 Å². The van der Waals surface area contributed by atoms with Crippen LogP contribution in [0.5, 0.6) is 0 Å². The fraction of sp³-hybridized carbons (Fsp3) is 0.0476. The molecule has 3 rings (SSSR count). The van der Waals surface area contributed by atoms with Gasteiger partial charge in [-0.05, 0) is 48.0 Å². The number of amides is 2. The SMILES string of the molecule is NC(=O)c1ccc(N[C@@H](C(=O)Nc2cc(Cl)cc(Cl)c2)c2ccccc2)cc1. The Bertz CT molecular complexity index is 972. The molecule has 0 aromatic heterocycles. The first-order valence-corrected chi connectivity index (χ1v) is 9.16. The van der Waals surface area contributed by atoms with Gasteiger partial charge in [-0.15, -0.1) is 0 Å². The molecule has 2 amide bonds. The summed E-state index contributed by atoms with van der Waals surface area (Å²) >= 11 is 12.0. The maximum Gasteiger partial charge on any atom is 0.251 e. The molecule has 5 nitrogen and oxygen atoms in total. The zero-order valence-electron chi connectivity index (χ0n) is 14.7. The highest BCUT2D eigenvalue weighted by atomic mass is 35.5. The van der Waals surface area contributed by atoms with E-state index in [2.05, 4.69) is 10.6 Å². The first-order chi connectivity index (χ1) is 13.4. The van der Waals surface area contributed by atoms with E-state index in [0.717, 1.165) is 5.56 Å². The lowest BCUT2D eigenvalue weighted by Gasteiger charge is -2.20. The molecule has 3 aromatic rings. The Balaban J connectivity index is 1.86. The summed E-state index contributed by atoms with van der Waals surface area (Å²) in [7, 11) is 0. The Hall–Kier alpha value is -3.02. The summed E-state index contributed by atoms with van der Waals surface area (Å²) in [6.45, 7) is 0. The number of anilines is 2. The Morgan fingerprint density at radius 1 is 0.821 bits per heavy atom. The number of hydrogen-bond donors (Lipinski definition) is 3. The molecule has 0 fully saturated rings. The van der Waals surface area contributed by atoms with Gasteiger partial charge in [0.25, 0.3) is 5.91 Å². The number of rotatable bonds is 6. The van der Waals surface area contributed by atoms with E-state index in [9.17, 15) is 9.59 Å². The largest absolute Gasteiger partial charge is 0.370 e. The third-order valence-corrected chi connectivity index (χ3v) is 4.44. The van der Waals surface area contributed by atoms with Crippen LogP contribution in [0.2, 0.25) is 10.0 Å². The van der Waals surface area contributed by atoms with E-state index >= 15 is 0 Å². The van der Waals surface area contributed by atoms with Crippen LogP contribution in [0, 0.1) is 0 Å². The molecule has 0 bridgehead atoms. The fourth-order valence-electron chi connectivity index (χ4n) is 2.68. The van der Waals surface area contributed by atoms with Crippen LogP contribution in [0.25, 0.3) is 0 Å². The number of carbonyl (C=O) groups excluding carboxylic acids is 2. The molecule has 0 aliphatic rings. The van der Waals surface area contributed by atoms with Gasteiger partial charge in [-0.2, -0.15) is 0 Å². The normalized spacial score (nSPS) is 11.5. The molecule has 1 atom stereocenters. The minimum atomic E-state index is -0.682. The average molecular weight is 414 g/mol. The topological polar surface area (TPSA) is 84.2 Å². The molecule has 0 aliphatic heterocycles. The second kappa shape index (κ2) is 8.78. The van der Waals surface area contributed by atoms with Crippen molar-refractivity contribution >= 4 is 46.4 Å². The highest BCUT2D eigenvalue weighted by Crippen LogP contribution is 2.25. The molecular formula is C21H17Cl2N3O2. The minimum absolute atomic E-state index is 0.288. The van der Waals surface area contributed by atoms with Crippen molar-refractivity contribution in [2.75, 3.05) is 10.6 Å². The second-order valence-corrected chi connectivity index (χ2v) is 6.95. The highest BCUT2D eigenvalue weighted by Gasteiger charge is 2.21. The summed E-state index contributed by atoms with van der Waals surface area (Å²) in [5, 5.41) is 6.86. The molecular weight excluding hydrogens is 397 g/mol. The standard InChI is InChI=1S/C21H17Cl2N3O2/c22-15-10-16(23)12-18(11-15)26-21(28)19(13-4-2-1-3-5-13)25-17-8-6-14(7-9-17)20(24)27/h1-12,19,25H,(H2,24,27)(H,26,28)/t19-/m1/s1. The summed E-state index contributed by atoms with van der Waals surface area (Å²) in [5.41, 5.74) is 7.59. The van der Waals surface area contributed by atoms with Crippen molar-refractivity contribution in [1.82, 2.24) is 0 Å². The van der Waals surface area contributed by atoms with Crippen LogP contribution in [0.4, 0.5) is 11.4 Å². The van der Waals surface area contributed by atoms with E-state index in [4.69, 9.17) is 28.9 Å². The van der Waals surface area contributed by atoms with Crippen molar-refractivity contribution in [3.63, 3.8) is 0 Å². The fourth-order valence-corrected chi connectivity index (χ4v) is 3.21. The van der Waals surface area contributed by atoms with Crippen molar-refractivity contribution in [3.05, 3.63) is 94.0 Å². The lowest BCUT2D eigenvalue weighted by Crippen LogP contribution is -2.27. The third-order valence-electron chi connectivity index (χ3n) is 4.01. The molecule has 0 saturated carbocycles. The molecule has 3 aromatic carbocycles. The Kier molecular flexibility index (Phi) is 6.19. The summed E-state index contributed by atoms with van der Waals surface area (Å²) in [5.74, 6) is -0.801. The molecule has 0 aliphatic carbocycles. The molecule has 0 radical (unpaired) electrons. The van der Waals surface area contributed by atoms with E-state index in [1.54, 1.807) is 42.5 Å². The van der Waals surface area contributed by atoms with Crippen LogP contribution in [0.1, 0.15) is 22.0 Å². The zero-order chi connectivity index (χ0) is 20.1. The van der Waals surface area contributed by atoms with Crippen molar-refractivity contribution in [1.29, 1.82) is 0 Å². The predicted molar refractivity (Wildman–Crippen MR) is 113 cm³/mol. The molecule has 0 saturated heterocycles. The minimum Gasteiger partial charge on any atom is -0.370 e. The van der Waals surface area contributed by atoms with Crippen molar-refractivity contribution in [2.45, 2.75) is 6.04 Å². The summed E-state index contributed by atoms with van der Waals surface area (Å²) in [6, 6.07) is 20.0. The molecule has 0 heterocycles. The van der Waals surface area contributed by atoms with Gasteiger partial charge in [0.15, 0.2) is 0 Å². The summed E-state index contributed by atoms with van der Waals surface area (Å²) in [6.07, 6.45) is 0. The highest BCUT2D eigenvalue weighted by molar-refractivity contribution is 6.35. The van der Waals surface area contributed by atoms with Gasteiger partial charge in [0.1, 0.15) is 6.04 Å². The maximum atomic E-state index is 13.0. The summed E-state index contributed by atoms with van der Waals surface area (Å²) in [4.78, 5) is 24.2. The van der Waals surface area contributed by atoms with E-state index in [1.807, 2.05) is 30.3 Å². The number of halogens is 2. The van der Waals surface area contributed by atoms with Gasteiger partial charge in [0, 0.05) is 27.0 Å². The quantitative estimate of drug-likeness (QED) is 0.537. The van der Waals surface area contributed by atoms with E-state index in [1.165, 1.54) is 0 Å². The van der Waals surface area contributed by atoms with Crippen LogP contribution in [-0.4, -0.2) is 11.8 Å². The molecule has 142 valence electrons. The van der Waals surface area contributed by atoms with Gasteiger partial charge in [-0.3, -0.25) is 9.59 Å². The number of hydrogen-bond acceptors (Lipinski definition) is 3. The van der Waals surface area contributed by atoms with Crippen molar-refractivity contribution < 1.29 is 9.59 Å². The number of nitrogens with one attached hydrogen (secondary N) is 2. The van der Waals surface area contributed by atoms with Crippen molar-refractivity contribution in [3.8, 4) is 0 Å². The van der Waals surface area contributed by atoms with Crippen molar-refractivity contribution in [2.24, 2.45) is 5.73 Å². The lowest BCUT2D eigenvalue weighted by atomic mass is 10.1. The summed E-state index contributed by atoms with van der Waals surface area (Å²) < 4.78 is 0. The molecule has 0 spiro atoms. The van der Waals surface area contributed by atoms with Crippen LogP contribution in [0.15, 0.2) is 72.8 Å². The van der Waals surface area contributed by atoms with Gasteiger partial charge in [-0.25, -0.2) is 0 Å². The van der Waals surface area contributed by atoms with Crippen LogP contribution >= 0.6 is 23.2 Å². The molecule has 28 heavy (non-hydrogen) atoms. The predicted octanol–water partition coefficient (Wildman–Crippen LogP) is 4.88. The Labute approximate surface area is 172 Å². The number of benzene rings is 3. The average Bonchev–Trinajstić information content (AvgIpc) is 2.66. The molecule has 7 heteroatoms. The molecule has 4 N–H and O–H groups in total. The van der Waals surface area contributed by atoms with Crippen LogP contribution < -0.4 is 16.4 Å². The lowest BCUT2D eigenvalue weighted by molar-refractivity contribution is -0.117. The first kappa shape index (κ1) is 19.7. The van der Waals surface area contributed by atoms with E-state index in [0.29, 0.717) is 27.0 Å².